The predicted octanol–water partition coefficient (Wildman–Crippen LogP) is 2.43. The van der Waals surface area contributed by atoms with Crippen LogP contribution in [-0.2, 0) is 4.79 Å². The molecular formula is C12H15ClFNO2. The van der Waals surface area contributed by atoms with Crippen molar-refractivity contribution in [3.8, 4) is 0 Å². The molecule has 0 fully saturated rings. The summed E-state index contributed by atoms with van der Waals surface area (Å²) in [5.41, 5.74) is 0.586. The molecule has 1 atom stereocenters. The molecule has 1 aromatic carbocycles. The van der Waals surface area contributed by atoms with Gasteiger partial charge in [0.15, 0.2) is 0 Å². The Morgan fingerprint density at radius 2 is 2.29 bits per heavy atom. The van der Waals surface area contributed by atoms with Gasteiger partial charge >= 0.3 is 0 Å². The first-order chi connectivity index (χ1) is 8.08. The molecule has 1 amide bonds. The van der Waals surface area contributed by atoms with Crippen LogP contribution in [-0.4, -0.2) is 17.6 Å². The summed E-state index contributed by atoms with van der Waals surface area (Å²) in [5, 5.41) is 11.8. The van der Waals surface area contributed by atoms with E-state index in [1.165, 1.54) is 18.2 Å². The number of rotatable bonds is 5. The minimum atomic E-state index is -0.549. The van der Waals surface area contributed by atoms with Crippen molar-refractivity contribution in [2.75, 3.05) is 6.61 Å². The number of benzene rings is 1. The number of amides is 1. The molecule has 5 heteroatoms. The van der Waals surface area contributed by atoms with Crippen molar-refractivity contribution in [3.05, 3.63) is 34.6 Å². The Hall–Kier alpha value is -1.13. The molecule has 1 rings (SSSR count). The van der Waals surface area contributed by atoms with E-state index >= 15 is 0 Å². The Kier molecular flexibility index (Phi) is 5.38. The van der Waals surface area contributed by atoms with E-state index in [9.17, 15) is 14.3 Å². The van der Waals surface area contributed by atoms with Crippen molar-refractivity contribution in [2.24, 2.45) is 0 Å². The molecule has 0 spiro atoms. The molecule has 0 saturated heterocycles. The first kappa shape index (κ1) is 13.9. The predicted molar refractivity (Wildman–Crippen MR) is 64.3 cm³/mol. The normalized spacial score (nSPS) is 12.2. The third kappa shape index (κ3) is 3.98. The number of hydrogen-bond donors (Lipinski definition) is 2. The Labute approximate surface area is 105 Å². The molecular weight excluding hydrogens is 245 g/mol. The average Bonchev–Trinajstić information content (AvgIpc) is 2.30. The van der Waals surface area contributed by atoms with E-state index in [2.05, 4.69) is 5.32 Å². The SMILES string of the molecule is CCCC(=O)N[C@H](CO)c1ccc(F)c(Cl)c1. The quantitative estimate of drug-likeness (QED) is 0.853. The maximum absolute atomic E-state index is 13.0. The molecule has 0 unspecified atom stereocenters. The Balaban J connectivity index is 2.79. The standard InChI is InChI=1S/C12H15ClFNO2/c1-2-3-12(17)15-11(7-16)8-4-5-10(14)9(13)6-8/h4-6,11,16H,2-3,7H2,1H3,(H,15,17)/t11-/m1/s1. The summed E-state index contributed by atoms with van der Waals surface area (Å²) >= 11 is 5.64. The number of carbonyl (C=O) groups excluding carboxylic acids is 1. The van der Waals surface area contributed by atoms with Crippen molar-refractivity contribution < 1.29 is 14.3 Å². The highest BCUT2D eigenvalue weighted by Crippen LogP contribution is 2.20. The van der Waals surface area contributed by atoms with Gasteiger partial charge in [0, 0.05) is 6.42 Å². The zero-order valence-electron chi connectivity index (χ0n) is 9.54. The van der Waals surface area contributed by atoms with Gasteiger partial charge in [0.1, 0.15) is 5.82 Å². The fourth-order valence-corrected chi connectivity index (χ4v) is 1.65. The number of aliphatic hydroxyl groups is 1. The smallest absolute Gasteiger partial charge is 0.220 e. The zero-order chi connectivity index (χ0) is 12.8. The first-order valence-electron chi connectivity index (χ1n) is 5.43. The van der Waals surface area contributed by atoms with Crippen LogP contribution in [0.5, 0.6) is 0 Å². The number of carbonyl (C=O) groups is 1. The van der Waals surface area contributed by atoms with Crippen LogP contribution in [0.3, 0.4) is 0 Å². The molecule has 94 valence electrons. The first-order valence-corrected chi connectivity index (χ1v) is 5.81. The maximum atomic E-state index is 13.0. The second kappa shape index (κ2) is 6.57. The monoisotopic (exact) mass is 259 g/mol. The van der Waals surface area contributed by atoms with E-state index in [-0.39, 0.29) is 17.5 Å². The fourth-order valence-electron chi connectivity index (χ4n) is 1.46. The van der Waals surface area contributed by atoms with Gasteiger partial charge in [-0.2, -0.15) is 0 Å². The highest BCUT2D eigenvalue weighted by Gasteiger charge is 2.14. The van der Waals surface area contributed by atoms with Crippen LogP contribution in [0.25, 0.3) is 0 Å². The molecule has 3 nitrogen and oxygen atoms in total. The molecule has 0 saturated carbocycles. The average molecular weight is 260 g/mol. The lowest BCUT2D eigenvalue weighted by Crippen LogP contribution is -2.30. The molecule has 0 aliphatic rings. The number of halogens is 2. The van der Waals surface area contributed by atoms with Crippen LogP contribution >= 0.6 is 11.6 Å². The van der Waals surface area contributed by atoms with Crippen molar-refractivity contribution in [3.63, 3.8) is 0 Å². The molecule has 1 aromatic rings. The maximum Gasteiger partial charge on any atom is 0.220 e. The van der Waals surface area contributed by atoms with Crippen LogP contribution in [0, 0.1) is 5.82 Å². The van der Waals surface area contributed by atoms with Crippen LogP contribution in [0.1, 0.15) is 31.4 Å². The Morgan fingerprint density at radius 1 is 1.59 bits per heavy atom. The molecule has 0 aliphatic carbocycles. The summed E-state index contributed by atoms with van der Waals surface area (Å²) in [7, 11) is 0. The van der Waals surface area contributed by atoms with Crippen molar-refractivity contribution >= 4 is 17.5 Å². The summed E-state index contributed by atoms with van der Waals surface area (Å²) < 4.78 is 13.0. The fraction of sp³-hybridized carbons (Fsp3) is 0.417. The van der Waals surface area contributed by atoms with Gasteiger partial charge in [-0.3, -0.25) is 4.79 Å². The largest absolute Gasteiger partial charge is 0.394 e. The minimum Gasteiger partial charge on any atom is -0.394 e. The van der Waals surface area contributed by atoms with Crippen molar-refractivity contribution in [1.29, 1.82) is 0 Å². The topological polar surface area (TPSA) is 49.3 Å². The lowest BCUT2D eigenvalue weighted by atomic mass is 10.1. The van der Waals surface area contributed by atoms with Crippen LogP contribution in [0.4, 0.5) is 4.39 Å². The summed E-state index contributed by atoms with van der Waals surface area (Å²) in [6.45, 7) is 1.64. The van der Waals surface area contributed by atoms with E-state index in [0.29, 0.717) is 12.0 Å². The van der Waals surface area contributed by atoms with Gasteiger partial charge < -0.3 is 10.4 Å². The van der Waals surface area contributed by atoms with Crippen molar-refractivity contribution in [1.82, 2.24) is 5.32 Å². The van der Waals surface area contributed by atoms with Crippen LogP contribution < -0.4 is 5.32 Å². The summed E-state index contributed by atoms with van der Waals surface area (Å²) in [6.07, 6.45) is 1.12. The molecule has 0 aromatic heterocycles. The Bertz CT molecular complexity index is 398. The summed E-state index contributed by atoms with van der Waals surface area (Å²) in [4.78, 5) is 11.4. The van der Waals surface area contributed by atoms with E-state index in [4.69, 9.17) is 11.6 Å². The third-order valence-electron chi connectivity index (χ3n) is 2.34. The highest BCUT2D eigenvalue weighted by atomic mass is 35.5. The van der Waals surface area contributed by atoms with Crippen LogP contribution in [0.2, 0.25) is 5.02 Å². The highest BCUT2D eigenvalue weighted by molar-refractivity contribution is 6.30. The summed E-state index contributed by atoms with van der Waals surface area (Å²) in [6, 6.07) is 3.57. The van der Waals surface area contributed by atoms with E-state index in [1.807, 2.05) is 6.92 Å². The molecule has 0 bridgehead atoms. The zero-order valence-corrected chi connectivity index (χ0v) is 10.3. The third-order valence-corrected chi connectivity index (χ3v) is 2.63. The lowest BCUT2D eigenvalue weighted by Gasteiger charge is -2.17. The van der Waals surface area contributed by atoms with Gasteiger partial charge in [-0.1, -0.05) is 24.6 Å². The summed E-state index contributed by atoms with van der Waals surface area (Å²) in [5.74, 6) is -0.668. The lowest BCUT2D eigenvalue weighted by molar-refractivity contribution is -0.122. The van der Waals surface area contributed by atoms with E-state index in [0.717, 1.165) is 6.42 Å². The van der Waals surface area contributed by atoms with Gasteiger partial charge in [-0.15, -0.1) is 0 Å². The van der Waals surface area contributed by atoms with E-state index in [1.54, 1.807) is 0 Å². The van der Waals surface area contributed by atoms with Gasteiger partial charge in [0.2, 0.25) is 5.91 Å². The van der Waals surface area contributed by atoms with E-state index < -0.39 is 11.9 Å². The molecule has 2 N–H and O–H groups in total. The molecule has 0 radical (unpaired) electrons. The number of nitrogens with one attached hydrogen (secondary N) is 1. The van der Waals surface area contributed by atoms with Gasteiger partial charge in [-0.05, 0) is 24.1 Å². The minimum absolute atomic E-state index is 0.0225. The number of hydrogen-bond acceptors (Lipinski definition) is 2. The second-order valence-electron chi connectivity index (χ2n) is 3.73. The van der Waals surface area contributed by atoms with Gasteiger partial charge in [-0.25, -0.2) is 4.39 Å². The Morgan fingerprint density at radius 3 is 2.82 bits per heavy atom. The molecule has 17 heavy (non-hydrogen) atoms. The van der Waals surface area contributed by atoms with Gasteiger partial charge in [0.05, 0.1) is 17.7 Å². The van der Waals surface area contributed by atoms with Crippen molar-refractivity contribution in [2.45, 2.75) is 25.8 Å². The second-order valence-corrected chi connectivity index (χ2v) is 4.13. The van der Waals surface area contributed by atoms with Gasteiger partial charge in [0.25, 0.3) is 0 Å². The molecule has 0 aliphatic heterocycles. The number of aliphatic hydroxyl groups excluding tert-OH is 1. The van der Waals surface area contributed by atoms with Crippen LogP contribution in [0.15, 0.2) is 18.2 Å². The molecule has 0 heterocycles.